The van der Waals surface area contributed by atoms with E-state index in [1.165, 1.54) is 13.0 Å². The van der Waals surface area contributed by atoms with Crippen LogP contribution in [0.3, 0.4) is 0 Å². The molecule has 0 aliphatic rings. The molecular weight excluding hydrogens is 296 g/mol. The number of hydrogen-bond acceptors (Lipinski definition) is 1. The molecule has 1 heterocycles. The van der Waals surface area contributed by atoms with Gasteiger partial charge in [-0.2, -0.15) is 0 Å². The minimum Gasteiger partial charge on any atom is -0.352 e. The Hall–Kier alpha value is -0.910. The Bertz CT molecular complexity index is 479. The van der Waals surface area contributed by atoms with Gasteiger partial charge in [0.15, 0.2) is 5.78 Å². The molecule has 1 N–H and O–H groups in total. The molecule has 72 valence electrons. The number of halogens is 2. The van der Waals surface area contributed by atoms with Crippen molar-refractivity contribution in [2.24, 2.45) is 0 Å². The zero-order valence-corrected chi connectivity index (χ0v) is 9.55. The average Bonchev–Trinajstić information content (AvgIpc) is 2.48. The van der Waals surface area contributed by atoms with Crippen LogP contribution in [-0.2, 0) is 0 Å². The summed E-state index contributed by atoms with van der Waals surface area (Å²) in [6, 6.07) is 4.79. The molecule has 2 rings (SSSR count). The summed E-state index contributed by atoms with van der Waals surface area (Å²) < 4.78 is 13.7. The van der Waals surface area contributed by atoms with E-state index in [1.54, 1.807) is 12.1 Å². The largest absolute Gasteiger partial charge is 0.352 e. The third kappa shape index (κ3) is 1.54. The van der Waals surface area contributed by atoms with Crippen molar-refractivity contribution in [2.75, 3.05) is 0 Å². The summed E-state index contributed by atoms with van der Waals surface area (Å²) in [6.07, 6.45) is 0. The third-order valence-corrected chi connectivity index (χ3v) is 2.87. The van der Waals surface area contributed by atoms with Gasteiger partial charge in [-0.1, -0.05) is 0 Å². The fourth-order valence-electron chi connectivity index (χ4n) is 1.32. The molecule has 0 aliphatic carbocycles. The number of hydrogen-bond donors (Lipinski definition) is 1. The molecule has 0 radical (unpaired) electrons. The highest BCUT2D eigenvalue weighted by Gasteiger charge is 2.07. The fourth-order valence-corrected chi connectivity index (χ4v) is 1.78. The van der Waals surface area contributed by atoms with Crippen molar-refractivity contribution in [1.82, 2.24) is 4.98 Å². The first-order chi connectivity index (χ1) is 6.58. The van der Waals surface area contributed by atoms with Gasteiger partial charge in [-0.3, -0.25) is 4.79 Å². The summed E-state index contributed by atoms with van der Waals surface area (Å²) in [6.45, 7) is 1.48. The van der Waals surface area contributed by atoms with E-state index < -0.39 is 0 Å². The number of carbonyl (C=O) groups excluding carboxylic acids is 1. The van der Waals surface area contributed by atoms with Crippen LogP contribution in [0.4, 0.5) is 4.39 Å². The average molecular weight is 303 g/mol. The van der Waals surface area contributed by atoms with Crippen molar-refractivity contribution in [1.29, 1.82) is 0 Å². The summed E-state index contributed by atoms with van der Waals surface area (Å²) in [5.41, 5.74) is 1.31. The Morgan fingerprint density at radius 1 is 1.43 bits per heavy atom. The number of aromatic amines is 1. The minimum atomic E-state index is -0.257. The van der Waals surface area contributed by atoms with Crippen molar-refractivity contribution in [2.45, 2.75) is 6.92 Å². The quantitative estimate of drug-likeness (QED) is 0.637. The zero-order valence-electron chi connectivity index (χ0n) is 7.40. The van der Waals surface area contributed by atoms with Gasteiger partial charge >= 0.3 is 0 Å². The molecule has 0 aliphatic heterocycles. The van der Waals surface area contributed by atoms with Crippen LogP contribution >= 0.6 is 22.6 Å². The highest BCUT2D eigenvalue weighted by Crippen LogP contribution is 2.21. The predicted molar refractivity (Wildman–Crippen MR) is 61.0 cm³/mol. The zero-order chi connectivity index (χ0) is 10.3. The molecule has 0 bridgehead atoms. The number of rotatable bonds is 1. The normalized spacial score (nSPS) is 10.8. The maximum absolute atomic E-state index is 13.2. The number of H-pyrrole nitrogens is 1. The molecule has 2 aromatic rings. The van der Waals surface area contributed by atoms with Crippen molar-refractivity contribution in [3.63, 3.8) is 0 Å². The molecule has 0 atom stereocenters. The van der Waals surface area contributed by atoms with Crippen LogP contribution < -0.4 is 0 Å². The molecule has 1 aromatic carbocycles. The second-order valence-corrected chi connectivity index (χ2v) is 4.25. The fraction of sp³-hybridized carbons (Fsp3) is 0.100. The number of ketones is 1. The minimum absolute atomic E-state index is 0.0448. The lowest BCUT2D eigenvalue weighted by Gasteiger charge is -1.93. The van der Waals surface area contributed by atoms with Crippen LogP contribution in [0.1, 0.15) is 17.4 Å². The van der Waals surface area contributed by atoms with E-state index in [0.29, 0.717) is 9.26 Å². The summed E-state index contributed by atoms with van der Waals surface area (Å²) in [7, 11) is 0. The van der Waals surface area contributed by atoms with Gasteiger partial charge in [-0.25, -0.2) is 4.39 Å². The number of aromatic nitrogens is 1. The summed E-state index contributed by atoms with van der Waals surface area (Å²) in [5, 5.41) is 0.730. The second kappa shape index (κ2) is 3.34. The Kier molecular flexibility index (Phi) is 2.30. The summed E-state index contributed by atoms with van der Waals surface area (Å²) in [5.74, 6) is -0.302. The van der Waals surface area contributed by atoms with Crippen LogP contribution in [0.5, 0.6) is 0 Å². The Morgan fingerprint density at radius 3 is 2.79 bits per heavy atom. The Balaban J connectivity index is 2.72. The number of benzene rings is 1. The lowest BCUT2D eigenvalue weighted by atomic mass is 10.2. The molecule has 0 saturated carbocycles. The van der Waals surface area contributed by atoms with Gasteiger partial charge in [0.1, 0.15) is 5.82 Å². The number of carbonyl (C=O) groups is 1. The monoisotopic (exact) mass is 303 g/mol. The van der Waals surface area contributed by atoms with Gasteiger partial charge in [0.2, 0.25) is 0 Å². The first kappa shape index (κ1) is 9.64. The van der Waals surface area contributed by atoms with E-state index in [1.807, 2.05) is 22.6 Å². The lowest BCUT2D eigenvalue weighted by molar-refractivity contribution is 0.101. The number of Topliss-reactive ketones (excluding diaryl/α,β-unsaturated/α-hetero) is 1. The van der Waals surface area contributed by atoms with Gasteiger partial charge in [-0.15, -0.1) is 0 Å². The van der Waals surface area contributed by atoms with Crippen LogP contribution in [-0.4, -0.2) is 10.8 Å². The molecule has 0 unspecified atom stereocenters. The lowest BCUT2D eigenvalue weighted by Crippen LogP contribution is -1.89. The molecule has 0 spiro atoms. The highest BCUT2D eigenvalue weighted by molar-refractivity contribution is 14.1. The number of nitrogens with one attached hydrogen (secondary N) is 1. The van der Waals surface area contributed by atoms with E-state index in [0.717, 1.165) is 10.9 Å². The van der Waals surface area contributed by atoms with E-state index in [-0.39, 0.29) is 11.6 Å². The standard InChI is InChI=1S/C10H7FINO/c1-5(14)9-3-6-2-7(11)8(12)4-10(6)13-9/h2-4,13H,1H3. The topological polar surface area (TPSA) is 32.9 Å². The van der Waals surface area contributed by atoms with Crippen LogP contribution in [0.25, 0.3) is 10.9 Å². The van der Waals surface area contributed by atoms with E-state index in [4.69, 9.17) is 0 Å². The second-order valence-electron chi connectivity index (χ2n) is 3.09. The van der Waals surface area contributed by atoms with Gasteiger partial charge in [-0.05, 0) is 40.8 Å². The predicted octanol–water partition coefficient (Wildman–Crippen LogP) is 3.11. The van der Waals surface area contributed by atoms with E-state index in [2.05, 4.69) is 4.98 Å². The summed E-state index contributed by atoms with van der Waals surface area (Å²) >= 11 is 1.92. The molecular formula is C10H7FINO. The maximum atomic E-state index is 13.2. The van der Waals surface area contributed by atoms with Crippen LogP contribution in [0, 0.1) is 9.39 Å². The van der Waals surface area contributed by atoms with Gasteiger partial charge in [0.25, 0.3) is 0 Å². The van der Waals surface area contributed by atoms with Crippen molar-refractivity contribution < 1.29 is 9.18 Å². The molecule has 0 fully saturated rings. The van der Waals surface area contributed by atoms with Crippen LogP contribution in [0.2, 0.25) is 0 Å². The molecule has 4 heteroatoms. The van der Waals surface area contributed by atoms with Gasteiger partial charge in [0, 0.05) is 17.8 Å². The SMILES string of the molecule is CC(=O)c1cc2cc(F)c(I)cc2[nH]1. The molecule has 1 aromatic heterocycles. The highest BCUT2D eigenvalue weighted by atomic mass is 127. The molecule has 2 nitrogen and oxygen atoms in total. The van der Waals surface area contributed by atoms with E-state index >= 15 is 0 Å². The number of fused-ring (bicyclic) bond motifs is 1. The first-order valence-electron chi connectivity index (χ1n) is 4.06. The van der Waals surface area contributed by atoms with Crippen molar-refractivity contribution >= 4 is 39.3 Å². The smallest absolute Gasteiger partial charge is 0.175 e. The third-order valence-electron chi connectivity index (χ3n) is 2.04. The maximum Gasteiger partial charge on any atom is 0.175 e. The Labute approximate surface area is 93.6 Å². The summed E-state index contributed by atoms with van der Waals surface area (Å²) in [4.78, 5) is 14.0. The van der Waals surface area contributed by atoms with Crippen LogP contribution in [0.15, 0.2) is 18.2 Å². The van der Waals surface area contributed by atoms with Gasteiger partial charge in [0.05, 0.1) is 9.26 Å². The Morgan fingerprint density at radius 2 is 2.14 bits per heavy atom. The molecule has 14 heavy (non-hydrogen) atoms. The van der Waals surface area contributed by atoms with Crippen molar-refractivity contribution in [3.8, 4) is 0 Å². The first-order valence-corrected chi connectivity index (χ1v) is 5.14. The van der Waals surface area contributed by atoms with E-state index in [9.17, 15) is 9.18 Å². The van der Waals surface area contributed by atoms with Crippen molar-refractivity contribution in [3.05, 3.63) is 33.3 Å². The molecule has 0 saturated heterocycles. The molecule has 0 amide bonds. The van der Waals surface area contributed by atoms with Gasteiger partial charge < -0.3 is 4.98 Å².